The van der Waals surface area contributed by atoms with E-state index in [1.54, 1.807) is 0 Å². The Bertz CT molecular complexity index is 603. The van der Waals surface area contributed by atoms with Crippen molar-refractivity contribution in [3.8, 4) is 0 Å². The Morgan fingerprint density at radius 1 is 1.33 bits per heavy atom. The molecule has 0 aromatic heterocycles. The Hall–Kier alpha value is -1.73. The lowest BCUT2D eigenvalue weighted by Crippen LogP contribution is -2.37. The molecular weight excluding hydrogens is 360 g/mol. The first-order valence-electron chi connectivity index (χ1n) is 9.75. The van der Waals surface area contributed by atoms with Crippen molar-refractivity contribution in [2.45, 2.75) is 45.3 Å². The van der Waals surface area contributed by atoms with Crippen molar-refractivity contribution in [2.75, 3.05) is 37.0 Å². The number of thioether (sulfide) groups is 1. The number of hydrogen-bond donors (Lipinski definition) is 3. The summed E-state index contributed by atoms with van der Waals surface area (Å²) in [6, 6.07) is 7.83. The van der Waals surface area contributed by atoms with Gasteiger partial charge in [0.05, 0.1) is 6.54 Å². The normalized spacial score (nSPS) is 17.0. The lowest BCUT2D eigenvalue weighted by atomic mass is 10.2. The second-order valence-corrected chi connectivity index (χ2v) is 7.50. The minimum atomic E-state index is -0.317. The number of nitrogens with one attached hydrogen (secondary N) is 3. The highest BCUT2D eigenvalue weighted by atomic mass is 32.2. The molecule has 0 bridgehead atoms. The summed E-state index contributed by atoms with van der Waals surface area (Å²) >= 11 is 1.88. The molecule has 1 amide bonds. The molecule has 1 fully saturated rings. The zero-order valence-corrected chi connectivity index (χ0v) is 17.2. The maximum atomic E-state index is 12.2. The van der Waals surface area contributed by atoms with Crippen LogP contribution in [0.4, 0.5) is 5.69 Å². The van der Waals surface area contributed by atoms with Crippen LogP contribution in [0.25, 0.3) is 0 Å². The Morgan fingerprint density at radius 3 is 2.96 bits per heavy atom. The Morgan fingerprint density at radius 2 is 2.22 bits per heavy atom. The van der Waals surface area contributed by atoms with Crippen molar-refractivity contribution in [1.29, 1.82) is 0 Å². The number of carbonyl (C=O) groups is 1. The lowest BCUT2D eigenvalue weighted by Gasteiger charge is -2.12. The van der Waals surface area contributed by atoms with Gasteiger partial charge in [-0.15, -0.1) is 0 Å². The molecular formula is C20H32N4O2S. The summed E-state index contributed by atoms with van der Waals surface area (Å²) in [6.45, 7) is 5.04. The number of benzene rings is 1. The van der Waals surface area contributed by atoms with Gasteiger partial charge in [0.25, 0.3) is 5.91 Å². The van der Waals surface area contributed by atoms with Gasteiger partial charge in [-0.25, -0.2) is 4.99 Å². The van der Waals surface area contributed by atoms with Gasteiger partial charge < -0.3 is 20.7 Å². The van der Waals surface area contributed by atoms with Crippen LogP contribution in [0, 0.1) is 0 Å². The molecule has 0 spiro atoms. The van der Waals surface area contributed by atoms with Crippen LogP contribution in [0.3, 0.4) is 0 Å². The molecule has 1 saturated heterocycles. The van der Waals surface area contributed by atoms with E-state index in [0.717, 1.165) is 49.6 Å². The van der Waals surface area contributed by atoms with E-state index in [4.69, 9.17) is 4.74 Å². The van der Waals surface area contributed by atoms with Crippen molar-refractivity contribution < 1.29 is 9.53 Å². The van der Waals surface area contributed by atoms with Gasteiger partial charge in [-0.2, -0.15) is 11.8 Å². The maximum absolute atomic E-state index is 12.2. The molecule has 1 atom stereocenters. The first-order chi connectivity index (χ1) is 13.2. The van der Waals surface area contributed by atoms with Gasteiger partial charge in [0, 0.05) is 25.4 Å². The molecule has 2 rings (SSSR count). The minimum Gasteiger partial charge on any atom is -0.368 e. The molecule has 0 aliphatic carbocycles. The van der Waals surface area contributed by atoms with Gasteiger partial charge in [-0.1, -0.05) is 12.1 Å². The summed E-state index contributed by atoms with van der Waals surface area (Å²) < 4.78 is 5.43. The third kappa shape index (κ3) is 8.22. The average Bonchev–Trinajstić information content (AvgIpc) is 3.21. The highest BCUT2D eigenvalue weighted by molar-refractivity contribution is 7.98. The van der Waals surface area contributed by atoms with Gasteiger partial charge in [0.2, 0.25) is 0 Å². The van der Waals surface area contributed by atoms with E-state index in [1.165, 1.54) is 12.2 Å². The maximum Gasteiger partial charge on any atom is 0.253 e. The number of anilines is 1. The van der Waals surface area contributed by atoms with Gasteiger partial charge >= 0.3 is 0 Å². The minimum absolute atomic E-state index is 0.0617. The standard InChI is InChI=1S/C20H32N4O2S/c1-3-21-20(22-11-4-5-13-27-2)23-15-16-8-6-9-17(14-16)24-19(25)18-10-7-12-26-18/h6,8-9,14,18H,3-5,7,10-13,15H2,1-2H3,(H,24,25)(H2,21,22,23). The molecule has 6 nitrogen and oxygen atoms in total. The van der Waals surface area contributed by atoms with Crippen LogP contribution >= 0.6 is 11.8 Å². The predicted octanol–water partition coefficient (Wildman–Crippen LogP) is 3.00. The molecule has 150 valence electrons. The lowest BCUT2D eigenvalue weighted by molar-refractivity contribution is -0.124. The van der Waals surface area contributed by atoms with Crippen LogP contribution in [0.5, 0.6) is 0 Å². The number of ether oxygens (including phenoxy) is 1. The molecule has 1 aliphatic rings. The summed E-state index contributed by atoms with van der Waals surface area (Å²) in [7, 11) is 0. The zero-order chi connectivity index (χ0) is 19.3. The molecule has 0 radical (unpaired) electrons. The molecule has 1 aromatic carbocycles. The fourth-order valence-corrected chi connectivity index (χ4v) is 3.34. The summed E-state index contributed by atoms with van der Waals surface area (Å²) in [5, 5.41) is 9.60. The third-order valence-electron chi connectivity index (χ3n) is 4.25. The highest BCUT2D eigenvalue weighted by Crippen LogP contribution is 2.16. The quantitative estimate of drug-likeness (QED) is 0.324. The smallest absolute Gasteiger partial charge is 0.253 e. The second-order valence-electron chi connectivity index (χ2n) is 6.51. The molecule has 1 aromatic rings. The molecule has 1 aliphatic heterocycles. The number of hydrogen-bond acceptors (Lipinski definition) is 4. The van der Waals surface area contributed by atoms with E-state index in [-0.39, 0.29) is 12.0 Å². The molecule has 1 heterocycles. The molecule has 27 heavy (non-hydrogen) atoms. The van der Waals surface area contributed by atoms with Crippen LogP contribution in [0.15, 0.2) is 29.3 Å². The Balaban J connectivity index is 1.86. The van der Waals surface area contributed by atoms with Crippen molar-refractivity contribution >= 4 is 29.3 Å². The largest absolute Gasteiger partial charge is 0.368 e. The van der Waals surface area contributed by atoms with E-state index in [9.17, 15) is 4.79 Å². The van der Waals surface area contributed by atoms with Gasteiger partial charge in [-0.3, -0.25) is 4.79 Å². The number of carbonyl (C=O) groups excluding carboxylic acids is 1. The number of rotatable bonds is 10. The van der Waals surface area contributed by atoms with Crippen molar-refractivity contribution in [3.05, 3.63) is 29.8 Å². The first kappa shape index (κ1) is 21.6. The number of guanidine groups is 1. The summed E-state index contributed by atoms with van der Waals surface area (Å²) in [4.78, 5) is 16.8. The number of nitrogens with zero attached hydrogens (tertiary/aromatic N) is 1. The highest BCUT2D eigenvalue weighted by Gasteiger charge is 2.23. The summed E-state index contributed by atoms with van der Waals surface area (Å²) in [5.74, 6) is 1.96. The van der Waals surface area contributed by atoms with Gasteiger partial charge in [-0.05, 0) is 62.3 Å². The zero-order valence-electron chi connectivity index (χ0n) is 16.4. The SMILES string of the molecule is CCNC(=NCc1cccc(NC(=O)C2CCCO2)c1)NCCCCSC. The fraction of sp³-hybridized carbons (Fsp3) is 0.600. The van der Waals surface area contributed by atoms with Gasteiger partial charge in [0.15, 0.2) is 5.96 Å². The van der Waals surface area contributed by atoms with E-state index >= 15 is 0 Å². The Labute approximate surface area is 166 Å². The number of aliphatic imine (C=N–C) groups is 1. The Kier molecular flexibility index (Phi) is 10.1. The van der Waals surface area contributed by atoms with Crippen LogP contribution in [0.1, 0.15) is 38.2 Å². The monoisotopic (exact) mass is 392 g/mol. The first-order valence-corrected chi connectivity index (χ1v) is 11.1. The number of amides is 1. The van der Waals surface area contributed by atoms with E-state index in [1.807, 2.05) is 36.0 Å². The second kappa shape index (κ2) is 12.6. The third-order valence-corrected chi connectivity index (χ3v) is 4.95. The summed E-state index contributed by atoms with van der Waals surface area (Å²) in [5.41, 5.74) is 1.85. The fourth-order valence-electron chi connectivity index (χ4n) is 2.84. The van der Waals surface area contributed by atoms with Crippen LogP contribution < -0.4 is 16.0 Å². The topological polar surface area (TPSA) is 74.8 Å². The average molecular weight is 393 g/mol. The van der Waals surface area contributed by atoms with E-state index in [0.29, 0.717) is 13.2 Å². The molecule has 3 N–H and O–H groups in total. The van der Waals surface area contributed by atoms with Crippen molar-refractivity contribution in [2.24, 2.45) is 4.99 Å². The molecule has 7 heteroatoms. The predicted molar refractivity (Wildman–Crippen MR) is 114 cm³/mol. The van der Waals surface area contributed by atoms with Crippen molar-refractivity contribution in [1.82, 2.24) is 10.6 Å². The van der Waals surface area contributed by atoms with Gasteiger partial charge in [0.1, 0.15) is 6.10 Å². The summed E-state index contributed by atoms with van der Waals surface area (Å²) in [6.07, 6.45) is 5.91. The number of unbranched alkanes of at least 4 members (excludes halogenated alkanes) is 1. The van der Waals surface area contributed by atoms with E-state index < -0.39 is 0 Å². The van der Waals surface area contributed by atoms with E-state index in [2.05, 4.69) is 34.1 Å². The van der Waals surface area contributed by atoms with Crippen molar-refractivity contribution in [3.63, 3.8) is 0 Å². The molecule has 0 saturated carbocycles. The molecule has 1 unspecified atom stereocenters. The van der Waals surface area contributed by atoms with Crippen LogP contribution in [0.2, 0.25) is 0 Å². The van der Waals surface area contributed by atoms with Crippen LogP contribution in [-0.4, -0.2) is 49.7 Å². The van der Waals surface area contributed by atoms with Crippen LogP contribution in [-0.2, 0) is 16.1 Å².